The number of halogens is 7. The Morgan fingerprint density at radius 3 is 2.17 bits per heavy atom. The van der Waals surface area contributed by atoms with Gasteiger partial charge in [0.15, 0.2) is 0 Å². The normalized spacial score (nSPS) is 29.1. The molecule has 7 nitrogen and oxygen atoms in total. The SMILES string of the molecule is NC(=O)C1([C@@H](c2cn3ccc([C@H](NC(=O)CC4CC(F)(F)C4)C4CC4)nc3n2)C2CCC(F)(F)CC2)CC1C(F)(F)F. The van der Waals surface area contributed by atoms with Gasteiger partial charge in [0.05, 0.1) is 28.8 Å². The third kappa shape index (κ3) is 5.45. The highest BCUT2D eigenvalue weighted by Gasteiger charge is 2.74. The van der Waals surface area contributed by atoms with Crippen molar-refractivity contribution in [1.29, 1.82) is 0 Å². The van der Waals surface area contributed by atoms with Gasteiger partial charge in [0.25, 0.3) is 0 Å². The molecule has 0 bridgehead atoms. The summed E-state index contributed by atoms with van der Waals surface area (Å²) >= 11 is 0. The van der Waals surface area contributed by atoms with Gasteiger partial charge in [-0.2, -0.15) is 13.2 Å². The molecule has 2 aromatic heterocycles. The Labute approximate surface area is 236 Å². The standard InChI is InChI=1S/C28H32F7N5O2/c29-25(30)6-3-15(4-7-25)21(27(23(36)42)12-19(27)28(33,34)35)18-13-40-8-5-17(37-24(40)38-18)22(16-1-2-16)39-20(41)9-14-10-26(31,32)11-14/h5,8,13-16,19,21-22H,1-4,6-7,9-12H2,(H2,36,42)(H,39,41)/t19?,21-,22-,27?/m1/s1. The highest BCUT2D eigenvalue weighted by Crippen LogP contribution is 2.69. The number of nitrogens with two attached hydrogens (primary N) is 1. The van der Waals surface area contributed by atoms with Crippen molar-refractivity contribution in [2.45, 2.75) is 94.2 Å². The Morgan fingerprint density at radius 1 is 0.976 bits per heavy atom. The summed E-state index contributed by atoms with van der Waals surface area (Å²) in [6.45, 7) is 0. The summed E-state index contributed by atoms with van der Waals surface area (Å²) in [6, 6.07) is 1.16. The lowest BCUT2D eigenvalue weighted by Gasteiger charge is -2.37. The van der Waals surface area contributed by atoms with Crippen molar-refractivity contribution in [2.24, 2.45) is 34.8 Å². The smallest absolute Gasteiger partial charge is 0.369 e. The zero-order valence-corrected chi connectivity index (χ0v) is 22.6. The van der Waals surface area contributed by atoms with Crippen LogP contribution in [0.2, 0.25) is 0 Å². The second-order valence-electron chi connectivity index (χ2n) is 12.8. The average molecular weight is 604 g/mol. The maximum atomic E-state index is 14.0. The first-order valence-corrected chi connectivity index (χ1v) is 14.4. The van der Waals surface area contributed by atoms with Crippen LogP contribution in [-0.2, 0) is 9.59 Å². The van der Waals surface area contributed by atoms with E-state index in [4.69, 9.17) is 5.73 Å². The van der Waals surface area contributed by atoms with Crippen molar-refractivity contribution in [3.8, 4) is 0 Å². The molecule has 0 aliphatic heterocycles. The van der Waals surface area contributed by atoms with E-state index < -0.39 is 72.4 Å². The lowest BCUT2D eigenvalue weighted by molar-refractivity contribution is -0.164. The number of nitrogens with one attached hydrogen (secondary N) is 1. The minimum absolute atomic E-state index is 0.0216. The third-order valence-corrected chi connectivity index (χ3v) is 9.71. The van der Waals surface area contributed by atoms with Gasteiger partial charge in [0, 0.05) is 50.4 Å². The van der Waals surface area contributed by atoms with Gasteiger partial charge >= 0.3 is 6.18 Å². The molecule has 4 aliphatic rings. The first-order valence-electron chi connectivity index (χ1n) is 14.4. The number of rotatable bonds is 9. The molecular weight excluding hydrogens is 571 g/mol. The van der Waals surface area contributed by atoms with Gasteiger partial charge in [0.1, 0.15) is 0 Å². The van der Waals surface area contributed by atoms with Crippen LogP contribution >= 0.6 is 0 Å². The molecule has 4 fully saturated rings. The number of alkyl halides is 7. The summed E-state index contributed by atoms with van der Waals surface area (Å²) in [5.41, 5.74) is 4.22. The molecule has 0 aromatic carbocycles. The second kappa shape index (κ2) is 9.80. The van der Waals surface area contributed by atoms with Crippen molar-refractivity contribution >= 4 is 17.6 Å². The molecule has 2 unspecified atom stereocenters. The third-order valence-electron chi connectivity index (χ3n) is 9.71. The van der Waals surface area contributed by atoms with E-state index in [9.17, 15) is 40.3 Å². The summed E-state index contributed by atoms with van der Waals surface area (Å²) in [6.07, 6.45) is -2.32. The van der Waals surface area contributed by atoms with E-state index in [1.807, 2.05) is 0 Å². The van der Waals surface area contributed by atoms with Crippen LogP contribution in [0.1, 0.15) is 87.6 Å². The Bertz CT molecular complexity index is 1370. The Hall–Kier alpha value is -2.93. The maximum Gasteiger partial charge on any atom is 0.392 e. The number of imidazole rings is 1. The van der Waals surface area contributed by atoms with Crippen molar-refractivity contribution in [2.75, 3.05) is 0 Å². The molecule has 0 spiro atoms. The quantitative estimate of drug-likeness (QED) is 0.360. The first kappa shape index (κ1) is 29.2. The largest absolute Gasteiger partial charge is 0.392 e. The van der Waals surface area contributed by atoms with E-state index in [0.717, 1.165) is 12.8 Å². The number of fused-ring (bicyclic) bond motifs is 1. The van der Waals surface area contributed by atoms with Crippen LogP contribution in [0.15, 0.2) is 18.5 Å². The summed E-state index contributed by atoms with van der Waals surface area (Å²) < 4.78 is 97.6. The van der Waals surface area contributed by atoms with E-state index >= 15 is 0 Å². The van der Waals surface area contributed by atoms with Crippen molar-refractivity contribution in [3.63, 3.8) is 0 Å². The van der Waals surface area contributed by atoms with E-state index in [-0.39, 0.29) is 61.3 Å². The molecular formula is C28H32F7N5O2. The van der Waals surface area contributed by atoms with Crippen molar-refractivity contribution in [1.82, 2.24) is 19.7 Å². The summed E-state index contributed by atoms with van der Waals surface area (Å²) in [4.78, 5) is 34.4. The van der Waals surface area contributed by atoms with Crippen LogP contribution in [0, 0.1) is 29.1 Å². The lowest BCUT2D eigenvalue weighted by atomic mass is 9.69. The number of amides is 2. The fourth-order valence-electron chi connectivity index (χ4n) is 7.29. The number of primary amides is 1. The second-order valence-corrected chi connectivity index (χ2v) is 12.8. The van der Waals surface area contributed by atoms with Gasteiger partial charge in [-0.1, -0.05) is 0 Å². The zero-order chi connectivity index (χ0) is 30.2. The van der Waals surface area contributed by atoms with E-state index in [2.05, 4.69) is 15.3 Å². The molecule has 2 amide bonds. The van der Waals surface area contributed by atoms with E-state index in [1.54, 1.807) is 12.3 Å². The average Bonchev–Trinajstić information content (AvgIpc) is 3.78. The molecule has 230 valence electrons. The molecule has 4 aliphatic carbocycles. The van der Waals surface area contributed by atoms with Gasteiger partial charge < -0.3 is 11.1 Å². The van der Waals surface area contributed by atoms with Crippen LogP contribution < -0.4 is 11.1 Å². The van der Waals surface area contributed by atoms with Crippen LogP contribution in [0.5, 0.6) is 0 Å². The fraction of sp³-hybridized carbons (Fsp3) is 0.714. The predicted octanol–water partition coefficient (Wildman–Crippen LogP) is 5.70. The summed E-state index contributed by atoms with van der Waals surface area (Å²) in [5, 5.41) is 2.91. The summed E-state index contributed by atoms with van der Waals surface area (Å²) in [5.74, 6) is -11.1. The highest BCUT2D eigenvalue weighted by molar-refractivity contribution is 5.86. The zero-order valence-electron chi connectivity index (χ0n) is 22.6. The molecule has 0 saturated heterocycles. The van der Waals surface area contributed by atoms with Gasteiger partial charge in [0.2, 0.25) is 29.4 Å². The first-order chi connectivity index (χ1) is 19.6. The number of carbonyl (C=O) groups is 2. The summed E-state index contributed by atoms with van der Waals surface area (Å²) in [7, 11) is 0. The monoisotopic (exact) mass is 603 g/mol. The van der Waals surface area contributed by atoms with Crippen LogP contribution in [-0.4, -0.2) is 44.2 Å². The molecule has 42 heavy (non-hydrogen) atoms. The maximum absolute atomic E-state index is 14.0. The van der Waals surface area contributed by atoms with Gasteiger partial charge in [-0.05, 0) is 55.9 Å². The Morgan fingerprint density at radius 2 is 1.62 bits per heavy atom. The van der Waals surface area contributed by atoms with Gasteiger partial charge in [-0.3, -0.25) is 14.0 Å². The van der Waals surface area contributed by atoms with Crippen LogP contribution in [0.3, 0.4) is 0 Å². The van der Waals surface area contributed by atoms with Crippen LogP contribution in [0.25, 0.3) is 5.78 Å². The Kier molecular flexibility index (Phi) is 6.80. The molecule has 14 heteroatoms. The number of aromatic nitrogens is 3. The minimum Gasteiger partial charge on any atom is -0.369 e. The number of carbonyl (C=O) groups excluding carboxylic acids is 2. The lowest BCUT2D eigenvalue weighted by Crippen LogP contribution is -2.40. The van der Waals surface area contributed by atoms with E-state index in [1.165, 1.54) is 10.6 Å². The predicted molar refractivity (Wildman–Crippen MR) is 134 cm³/mol. The van der Waals surface area contributed by atoms with Gasteiger partial charge in [-0.25, -0.2) is 27.5 Å². The number of hydrogen-bond donors (Lipinski definition) is 2. The fourth-order valence-corrected chi connectivity index (χ4v) is 7.29. The van der Waals surface area contributed by atoms with Crippen LogP contribution in [0.4, 0.5) is 30.7 Å². The highest BCUT2D eigenvalue weighted by atomic mass is 19.4. The van der Waals surface area contributed by atoms with Gasteiger partial charge in [-0.15, -0.1) is 0 Å². The topological polar surface area (TPSA) is 102 Å². The molecule has 2 heterocycles. The Balaban J connectivity index is 1.29. The van der Waals surface area contributed by atoms with Crippen molar-refractivity contribution < 1.29 is 40.3 Å². The van der Waals surface area contributed by atoms with Crippen molar-refractivity contribution in [3.05, 3.63) is 29.8 Å². The van der Waals surface area contributed by atoms with E-state index in [0.29, 0.717) is 5.69 Å². The minimum atomic E-state index is -4.69. The molecule has 2 aromatic rings. The molecule has 3 N–H and O–H groups in total. The molecule has 4 saturated carbocycles. The molecule has 0 radical (unpaired) electrons. The molecule has 6 rings (SSSR count). The number of hydrogen-bond acceptors (Lipinski definition) is 4. The molecule has 4 atom stereocenters. The number of nitrogens with zero attached hydrogens (tertiary/aromatic N) is 3.